The number of aliphatic carboxylic acids is 3. The van der Waals surface area contributed by atoms with Crippen LogP contribution in [0.4, 0.5) is 0 Å². The van der Waals surface area contributed by atoms with Gasteiger partial charge in [0.05, 0.1) is 17.8 Å². The summed E-state index contributed by atoms with van der Waals surface area (Å²) in [7, 11) is 1.50. The van der Waals surface area contributed by atoms with Crippen molar-refractivity contribution in [1.82, 2.24) is 0 Å². The predicted molar refractivity (Wildman–Crippen MR) is 119 cm³/mol. The SMILES string of the molecule is CC(C(=O)O)C(C)(C)C.CC(C(=O)O)C(C)(C)C.CC(C(=O)O)C(C)(C)C.CN. The maximum Gasteiger partial charge on any atom is 0.306 e. The number of carboxylic acids is 3. The summed E-state index contributed by atoms with van der Waals surface area (Å²) in [6.45, 7) is 22.5. The average Bonchev–Trinajstić information content (AvgIpc) is 2.52. The van der Waals surface area contributed by atoms with Crippen molar-refractivity contribution in [2.24, 2.45) is 39.7 Å². The van der Waals surface area contributed by atoms with Crippen LogP contribution in [0.25, 0.3) is 0 Å². The maximum atomic E-state index is 10.3. The molecule has 0 aliphatic rings. The standard InChI is InChI=1S/3C7H14O2.CH5N/c3*1-5(6(8)9)7(2,3)4;1-2/h3*5H,1-4H3,(H,8,9);2H2,1H3. The van der Waals surface area contributed by atoms with Gasteiger partial charge in [0, 0.05) is 0 Å². The van der Waals surface area contributed by atoms with Gasteiger partial charge in [-0.1, -0.05) is 83.1 Å². The van der Waals surface area contributed by atoms with Crippen molar-refractivity contribution in [1.29, 1.82) is 0 Å². The summed E-state index contributed by atoms with van der Waals surface area (Å²) in [5, 5.41) is 25.6. The second-order valence-corrected chi connectivity index (χ2v) is 10.3. The lowest BCUT2D eigenvalue weighted by atomic mass is 9.82. The Hall–Kier alpha value is -1.63. The molecule has 0 bridgehead atoms. The Labute approximate surface area is 178 Å². The van der Waals surface area contributed by atoms with Gasteiger partial charge < -0.3 is 21.1 Å². The van der Waals surface area contributed by atoms with E-state index in [0.717, 1.165) is 0 Å². The van der Waals surface area contributed by atoms with Gasteiger partial charge in [0.1, 0.15) is 0 Å². The predicted octanol–water partition coefficient (Wildman–Crippen LogP) is 4.83. The average molecular weight is 422 g/mol. The van der Waals surface area contributed by atoms with E-state index in [4.69, 9.17) is 15.3 Å². The molecule has 176 valence electrons. The van der Waals surface area contributed by atoms with E-state index in [1.165, 1.54) is 7.05 Å². The number of carboxylic acid groups (broad SMARTS) is 3. The summed E-state index contributed by atoms with van der Waals surface area (Å²) in [5.74, 6) is -2.96. The number of hydrogen-bond donors (Lipinski definition) is 4. The number of nitrogens with two attached hydrogens (primary N) is 1. The third kappa shape index (κ3) is 19.5. The summed E-state index contributed by atoms with van der Waals surface area (Å²) in [6.07, 6.45) is 0. The first-order valence-electron chi connectivity index (χ1n) is 9.82. The highest BCUT2D eigenvalue weighted by Crippen LogP contribution is 2.26. The lowest BCUT2D eigenvalue weighted by Crippen LogP contribution is -2.25. The van der Waals surface area contributed by atoms with Gasteiger partial charge in [-0.3, -0.25) is 14.4 Å². The maximum absolute atomic E-state index is 10.3. The molecule has 29 heavy (non-hydrogen) atoms. The van der Waals surface area contributed by atoms with Crippen molar-refractivity contribution in [2.75, 3.05) is 7.05 Å². The molecule has 0 aromatic heterocycles. The van der Waals surface area contributed by atoms with E-state index in [1.54, 1.807) is 20.8 Å². The number of carbonyl (C=O) groups is 3. The van der Waals surface area contributed by atoms with E-state index in [0.29, 0.717) is 0 Å². The summed E-state index contributed by atoms with van der Waals surface area (Å²) in [5.41, 5.74) is 4.14. The van der Waals surface area contributed by atoms with Crippen molar-refractivity contribution in [3.63, 3.8) is 0 Å². The molecule has 0 aliphatic heterocycles. The molecule has 0 aromatic carbocycles. The van der Waals surface area contributed by atoms with E-state index in [2.05, 4.69) is 5.73 Å². The Morgan fingerprint density at radius 2 is 0.621 bits per heavy atom. The zero-order chi connectivity index (χ0) is 25.0. The van der Waals surface area contributed by atoms with E-state index < -0.39 is 17.9 Å². The van der Waals surface area contributed by atoms with E-state index in [9.17, 15) is 14.4 Å². The lowest BCUT2D eigenvalue weighted by molar-refractivity contribution is -0.145. The third-order valence-electron chi connectivity index (χ3n) is 5.01. The molecule has 0 spiro atoms. The fraction of sp³-hybridized carbons (Fsp3) is 0.864. The molecule has 0 radical (unpaired) electrons. The molecule has 0 saturated carbocycles. The molecule has 0 rings (SSSR count). The molecule has 7 heteroatoms. The summed E-state index contributed by atoms with van der Waals surface area (Å²) in [4.78, 5) is 31.0. The van der Waals surface area contributed by atoms with Gasteiger partial charge >= 0.3 is 17.9 Å². The molecule has 0 aromatic rings. The van der Waals surface area contributed by atoms with Crippen LogP contribution in [0.2, 0.25) is 0 Å². The van der Waals surface area contributed by atoms with Crippen molar-refractivity contribution in [2.45, 2.75) is 83.1 Å². The normalized spacial score (nSPS) is 14.3. The Morgan fingerprint density at radius 3 is 0.621 bits per heavy atom. The van der Waals surface area contributed by atoms with E-state index in [-0.39, 0.29) is 34.0 Å². The van der Waals surface area contributed by atoms with Crippen molar-refractivity contribution < 1.29 is 29.7 Å². The molecule has 0 amide bonds. The molecule has 0 fully saturated rings. The van der Waals surface area contributed by atoms with Crippen molar-refractivity contribution >= 4 is 17.9 Å². The van der Waals surface area contributed by atoms with Gasteiger partial charge in [-0.25, -0.2) is 0 Å². The highest BCUT2D eigenvalue weighted by atomic mass is 16.4. The highest BCUT2D eigenvalue weighted by Gasteiger charge is 2.27. The van der Waals surface area contributed by atoms with Gasteiger partial charge in [-0.2, -0.15) is 0 Å². The van der Waals surface area contributed by atoms with Crippen LogP contribution >= 0.6 is 0 Å². The largest absolute Gasteiger partial charge is 0.481 e. The fourth-order valence-electron chi connectivity index (χ4n) is 1.11. The Morgan fingerprint density at radius 1 is 0.517 bits per heavy atom. The van der Waals surface area contributed by atoms with Gasteiger partial charge in [-0.15, -0.1) is 0 Å². The molecule has 3 atom stereocenters. The van der Waals surface area contributed by atoms with Crippen LogP contribution < -0.4 is 5.73 Å². The zero-order valence-corrected chi connectivity index (χ0v) is 20.9. The third-order valence-corrected chi connectivity index (χ3v) is 5.01. The second-order valence-electron chi connectivity index (χ2n) is 10.3. The summed E-state index contributed by atoms with van der Waals surface area (Å²) < 4.78 is 0. The molecular weight excluding hydrogens is 374 g/mol. The lowest BCUT2D eigenvalue weighted by Gasteiger charge is -2.22. The minimum Gasteiger partial charge on any atom is -0.481 e. The number of hydrogen-bond acceptors (Lipinski definition) is 4. The smallest absolute Gasteiger partial charge is 0.306 e. The zero-order valence-electron chi connectivity index (χ0n) is 20.9. The summed E-state index contributed by atoms with van der Waals surface area (Å²) >= 11 is 0. The van der Waals surface area contributed by atoms with Crippen LogP contribution in [0.1, 0.15) is 83.1 Å². The summed E-state index contributed by atoms with van der Waals surface area (Å²) in [6, 6.07) is 0. The van der Waals surface area contributed by atoms with Crippen LogP contribution in [0.15, 0.2) is 0 Å². The number of rotatable bonds is 3. The van der Waals surface area contributed by atoms with Crippen LogP contribution in [-0.2, 0) is 14.4 Å². The van der Waals surface area contributed by atoms with Crippen LogP contribution in [0.5, 0.6) is 0 Å². The minimum absolute atomic E-state index is 0.119. The first kappa shape index (κ1) is 34.8. The second kappa shape index (κ2) is 14.4. The molecular formula is C22H47NO6. The first-order chi connectivity index (χ1) is 12.6. The Bertz CT molecular complexity index is 410. The van der Waals surface area contributed by atoms with Gasteiger partial charge in [-0.05, 0) is 23.3 Å². The van der Waals surface area contributed by atoms with Gasteiger partial charge in [0.15, 0.2) is 0 Å². The molecule has 0 saturated heterocycles. The minimum atomic E-state index is -0.720. The van der Waals surface area contributed by atoms with Gasteiger partial charge in [0.2, 0.25) is 0 Å². The van der Waals surface area contributed by atoms with Crippen molar-refractivity contribution in [3.8, 4) is 0 Å². The quantitative estimate of drug-likeness (QED) is 0.511. The topological polar surface area (TPSA) is 138 Å². The Balaban J connectivity index is -0.000000155. The molecule has 0 aliphatic carbocycles. The molecule has 7 nitrogen and oxygen atoms in total. The molecule has 5 N–H and O–H groups in total. The van der Waals surface area contributed by atoms with Crippen LogP contribution in [0, 0.1) is 34.0 Å². The first-order valence-corrected chi connectivity index (χ1v) is 9.82. The monoisotopic (exact) mass is 421 g/mol. The van der Waals surface area contributed by atoms with Crippen molar-refractivity contribution in [3.05, 3.63) is 0 Å². The van der Waals surface area contributed by atoms with E-state index in [1.807, 2.05) is 62.3 Å². The fourth-order valence-corrected chi connectivity index (χ4v) is 1.11. The Kier molecular flexibility index (Phi) is 17.3. The van der Waals surface area contributed by atoms with Gasteiger partial charge in [0.25, 0.3) is 0 Å². The molecule has 0 heterocycles. The highest BCUT2D eigenvalue weighted by molar-refractivity contribution is 5.71. The molecule has 3 unspecified atom stereocenters. The van der Waals surface area contributed by atoms with Crippen LogP contribution in [0.3, 0.4) is 0 Å². The van der Waals surface area contributed by atoms with E-state index >= 15 is 0 Å². The van der Waals surface area contributed by atoms with Crippen LogP contribution in [-0.4, -0.2) is 40.3 Å².